The van der Waals surface area contributed by atoms with Crippen molar-refractivity contribution >= 4 is 33.2 Å². The molecule has 1 unspecified atom stereocenters. The molecule has 204 valence electrons. The van der Waals surface area contributed by atoms with Gasteiger partial charge >= 0.3 is 0 Å². The van der Waals surface area contributed by atoms with Gasteiger partial charge < -0.3 is 14.7 Å². The Labute approximate surface area is 229 Å². The monoisotopic (exact) mass is 558 g/mol. The van der Waals surface area contributed by atoms with Gasteiger partial charge in [0, 0.05) is 23.7 Å². The molecule has 5 rings (SSSR count). The summed E-state index contributed by atoms with van der Waals surface area (Å²) >= 11 is 6.27. The number of ether oxygens (including phenoxy) is 1. The highest BCUT2D eigenvalue weighted by atomic mass is 35.5. The summed E-state index contributed by atoms with van der Waals surface area (Å²) < 4.78 is 33.7. The van der Waals surface area contributed by atoms with Crippen LogP contribution in [-0.4, -0.2) is 44.4 Å². The summed E-state index contributed by atoms with van der Waals surface area (Å²) in [7, 11) is -3.78. The number of carbonyl (C=O) groups excluding carboxylic acids is 1. The number of hydrogen-bond acceptors (Lipinski definition) is 6. The van der Waals surface area contributed by atoms with Crippen molar-refractivity contribution in [3.8, 4) is 5.75 Å². The van der Waals surface area contributed by atoms with Gasteiger partial charge in [0.05, 0.1) is 17.5 Å². The molecule has 38 heavy (non-hydrogen) atoms. The van der Waals surface area contributed by atoms with E-state index in [1.54, 1.807) is 24.3 Å². The Morgan fingerprint density at radius 1 is 1.05 bits per heavy atom. The second kappa shape index (κ2) is 11.7. The molecule has 7 nitrogen and oxygen atoms in total. The number of aliphatic hydroxyl groups is 1. The number of benzene rings is 2. The van der Waals surface area contributed by atoms with E-state index in [9.17, 15) is 18.3 Å². The lowest BCUT2D eigenvalue weighted by molar-refractivity contribution is 0.0461. The third-order valence-corrected chi connectivity index (χ3v) is 9.53. The molecule has 2 aromatic carbocycles. The SMILES string of the molecule is O=C1NS(=O)(=O)CCC/C=C/C(O)[C@@H]2CC[C@H]2CN2CCCCc3cc(Cl)ccc3COc3ccc1cc32. The molecule has 9 heteroatoms. The number of aryl methyl sites for hydroxylation is 1. The number of hydrogen-bond donors (Lipinski definition) is 2. The average molecular weight is 559 g/mol. The lowest BCUT2D eigenvalue weighted by atomic mass is 9.70. The molecule has 2 heterocycles. The molecular formula is C29H35ClN2O5S. The minimum atomic E-state index is -3.78. The van der Waals surface area contributed by atoms with E-state index in [1.165, 1.54) is 5.56 Å². The Kier molecular flexibility index (Phi) is 8.31. The molecule has 0 aromatic heterocycles. The fraction of sp³-hybridized carbons (Fsp3) is 0.483. The fourth-order valence-corrected chi connectivity index (χ4v) is 6.90. The first-order valence-corrected chi connectivity index (χ1v) is 15.5. The van der Waals surface area contributed by atoms with Crippen LogP contribution in [0.25, 0.3) is 0 Å². The van der Waals surface area contributed by atoms with Gasteiger partial charge in [-0.15, -0.1) is 0 Å². The van der Waals surface area contributed by atoms with E-state index in [1.807, 2.05) is 24.3 Å². The largest absolute Gasteiger partial charge is 0.487 e. The summed E-state index contributed by atoms with van der Waals surface area (Å²) in [5, 5.41) is 11.5. The number of nitrogens with one attached hydrogen (secondary N) is 1. The molecule has 2 aliphatic heterocycles. The van der Waals surface area contributed by atoms with Crippen molar-refractivity contribution in [2.75, 3.05) is 23.7 Å². The summed E-state index contributed by atoms with van der Waals surface area (Å²) in [5.41, 5.74) is 3.30. The van der Waals surface area contributed by atoms with Crippen LogP contribution < -0.4 is 14.4 Å². The highest BCUT2D eigenvalue weighted by molar-refractivity contribution is 7.90. The van der Waals surface area contributed by atoms with Gasteiger partial charge in [0.1, 0.15) is 12.4 Å². The smallest absolute Gasteiger partial charge is 0.264 e. The van der Waals surface area contributed by atoms with E-state index in [0.29, 0.717) is 36.1 Å². The number of halogens is 1. The first-order valence-electron chi connectivity index (χ1n) is 13.5. The summed E-state index contributed by atoms with van der Waals surface area (Å²) in [6.07, 6.45) is 8.79. The van der Waals surface area contributed by atoms with Gasteiger partial charge in [-0.2, -0.15) is 0 Å². The maximum Gasteiger partial charge on any atom is 0.264 e. The van der Waals surface area contributed by atoms with Gasteiger partial charge in [-0.1, -0.05) is 29.8 Å². The lowest BCUT2D eigenvalue weighted by Gasteiger charge is -2.42. The van der Waals surface area contributed by atoms with E-state index in [-0.39, 0.29) is 17.2 Å². The van der Waals surface area contributed by atoms with Crippen molar-refractivity contribution in [3.63, 3.8) is 0 Å². The van der Waals surface area contributed by atoms with Crippen LogP contribution in [0.1, 0.15) is 60.0 Å². The topological polar surface area (TPSA) is 95.9 Å². The van der Waals surface area contributed by atoms with Crippen molar-refractivity contribution in [1.82, 2.24) is 4.72 Å². The third-order valence-electron chi connectivity index (χ3n) is 7.97. The Morgan fingerprint density at radius 3 is 2.74 bits per heavy atom. The van der Waals surface area contributed by atoms with E-state index in [2.05, 4.69) is 9.62 Å². The highest BCUT2D eigenvalue weighted by Crippen LogP contribution is 2.41. The van der Waals surface area contributed by atoms with Gasteiger partial charge in [0.15, 0.2) is 0 Å². The fourth-order valence-electron chi connectivity index (χ4n) is 5.65. The minimum absolute atomic E-state index is 0.156. The first-order chi connectivity index (χ1) is 18.3. The number of aliphatic hydroxyl groups excluding tert-OH is 1. The van der Waals surface area contributed by atoms with E-state index >= 15 is 0 Å². The van der Waals surface area contributed by atoms with Gasteiger partial charge in [-0.05, 0) is 98.2 Å². The second-order valence-corrected chi connectivity index (χ2v) is 12.9. The molecule has 2 N–H and O–H groups in total. The Hall–Kier alpha value is -2.55. The van der Waals surface area contributed by atoms with Gasteiger partial charge in [0.2, 0.25) is 10.0 Å². The molecule has 2 aromatic rings. The average Bonchev–Trinajstić information content (AvgIpc) is 2.88. The van der Waals surface area contributed by atoms with Crippen LogP contribution in [0.5, 0.6) is 5.75 Å². The standard InChI is InChI=1S/C29H35ClN2O5S/c30-24-11-8-23-19-37-28-13-10-21-17-26(28)32(14-4-3-6-20(23)16-24)18-22-9-12-25(22)27(33)7-2-1-5-15-38(35,36)31-29(21)34/h2,7-8,10-11,13,16-17,22,25,27,33H,1,3-6,9,12,14-15,18-19H2,(H,31,34)/b7-2+/t22-,25+,27?/m0/s1. The number of allylic oxidation sites excluding steroid dienone is 1. The minimum Gasteiger partial charge on any atom is -0.487 e. The van der Waals surface area contributed by atoms with Crippen LogP contribution in [0.4, 0.5) is 5.69 Å². The third kappa shape index (κ3) is 6.35. The zero-order valence-corrected chi connectivity index (χ0v) is 23.0. The van der Waals surface area contributed by atoms with Crippen molar-refractivity contribution in [2.24, 2.45) is 11.8 Å². The maximum atomic E-state index is 13.0. The summed E-state index contributed by atoms with van der Waals surface area (Å²) in [5.74, 6) is 0.318. The molecule has 3 aliphatic rings. The van der Waals surface area contributed by atoms with Crippen LogP contribution in [0, 0.1) is 11.8 Å². The molecular weight excluding hydrogens is 524 g/mol. The second-order valence-electron chi connectivity index (χ2n) is 10.6. The van der Waals surface area contributed by atoms with E-state index in [0.717, 1.165) is 56.4 Å². The van der Waals surface area contributed by atoms with Crippen molar-refractivity contribution in [1.29, 1.82) is 0 Å². The Morgan fingerprint density at radius 2 is 1.92 bits per heavy atom. The number of fused-ring (bicyclic) bond motifs is 3. The number of rotatable bonds is 0. The predicted octanol–water partition coefficient (Wildman–Crippen LogP) is 4.86. The van der Waals surface area contributed by atoms with E-state index in [4.69, 9.17) is 16.3 Å². The molecule has 0 spiro atoms. The zero-order chi connectivity index (χ0) is 26.7. The van der Waals surface area contributed by atoms with Crippen LogP contribution in [0.2, 0.25) is 5.02 Å². The lowest BCUT2D eigenvalue weighted by Crippen LogP contribution is -2.43. The molecule has 2 bridgehead atoms. The number of sulfonamides is 1. The van der Waals surface area contributed by atoms with Crippen LogP contribution in [0.3, 0.4) is 0 Å². The van der Waals surface area contributed by atoms with Gasteiger partial charge in [-0.3, -0.25) is 4.79 Å². The molecule has 3 atom stereocenters. The summed E-state index contributed by atoms with van der Waals surface area (Å²) in [4.78, 5) is 15.3. The predicted molar refractivity (Wildman–Crippen MR) is 149 cm³/mol. The highest BCUT2D eigenvalue weighted by Gasteiger charge is 2.37. The van der Waals surface area contributed by atoms with Gasteiger partial charge in [-0.25, -0.2) is 13.1 Å². The molecule has 1 fully saturated rings. The zero-order valence-electron chi connectivity index (χ0n) is 21.4. The van der Waals surface area contributed by atoms with Gasteiger partial charge in [0.25, 0.3) is 5.91 Å². The van der Waals surface area contributed by atoms with Crippen molar-refractivity contribution < 1.29 is 23.1 Å². The van der Waals surface area contributed by atoms with Crippen molar-refractivity contribution in [2.45, 2.75) is 57.7 Å². The molecule has 1 amide bonds. The number of nitrogens with zero attached hydrogens (tertiary/aromatic N) is 1. The molecule has 0 saturated heterocycles. The van der Waals surface area contributed by atoms with Crippen LogP contribution >= 0.6 is 11.6 Å². The molecule has 0 radical (unpaired) electrons. The van der Waals surface area contributed by atoms with Crippen LogP contribution in [-0.2, 0) is 23.1 Å². The van der Waals surface area contributed by atoms with E-state index < -0.39 is 22.0 Å². The Balaban J connectivity index is 1.52. The summed E-state index contributed by atoms with van der Waals surface area (Å²) in [6, 6.07) is 11.0. The quantitative estimate of drug-likeness (QED) is 0.448. The Bertz CT molecular complexity index is 1310. The summed E-state index contributed by atoms with van der Waals surface area (Å²) in [6.45, 7) is 1.85. The number of amides is 1. The maximum absolute atomic E-state index is 13.0. The first kappa shape index (κ1) is 27.0. The normalized spacial score (nSPS) is 26.8. The number of anilines is 1. The molecule has 1 aliphatic carbocycles. The molecule has 1 saturated carbocycles. The number of carbonyl (C=O) groups is 1. The van der Waals surface area contributed by atoms with Crippen molar-refractivity contribution in [3.05, 3.63) is 70.3 Å². The van der Waals surface area contributed by atoms with Crippen LogP contribution in [0.15, 0.2) is 48.6 Å².